The minimum atomic E-state index is -2.80. The number of aromatic nitrogens is 2. The van der Waals surface area contributed by atoms with E-state index in [2.05, 4.69) is 5.10 Å². The van der Waals surface area contributed by atoms with Crippen molar-refractivity contribution in [1.29, 1.82) is 0 Å². The van der Waals surface area contributed by atoms with Crippen LogP contribution in [0.1, 0.15) is 30.1 Å². The van der Waals surface area contributed by atoms with Crippen molar-refractivity contribution in [3.63, 3.8) is 0 Å². The number of sulfone groups is 1. The molecular formula is C10H15N3O2S. The molecule has 88 valence electrons. The van der Waals surface area contributed by atoms with Crippen LogP contribution in [0.4, 0.5) is 5.82 Å². The van der Waals surface area contributed by atoms with Gasteiger partial charge in [-0.05, 0) is 25.7 Å². The Morgan fingerprint density at radius 1 is 1.25 bits per heavy atom. The van der Waals surface area contributed by atoms with Gasteiger partial charge in [0.1, 0.15) is 5.82 Å². The molecule has 1 aromatic rings. The van der Waals surface area contributed by atoms with E-state index in [0.29, 0.717) is 5.82 Å². The van der Waals surface area contributed by atoms with Crippen LogP contribution in [0.5, 0.6) is 0 Å². The van der Waals surface area contributed by atoms with Crippen molar-refractivity contribution in [3.05, 3.63) is 11.3 Å². The van der Waals surface area contributed by atoms with Crippen molar-refractivity contribution in [2.75, 3.05) is 17.2 Å². The van der Waals surface area contributed by atoms with Crippen molar-refractivity contribution in [3.8, 4) is 0 Å². The molecule has 0 saturated carbocycles. The Morgan fingerprint density at radius 2 is 1.94 bits per heavy atom. The van der Waals surface area contributed by atoms with E-state index in [1.54, 1.807) is 0 Å². The molecule has 2 N–H and O–H groups in total. The lowest BCUT2D eigenvalue weighted by Crippen LogP contribution is -2.39. The molecule has 1 aromatic heterocycles. The normalized spacial score (nSPS) is 23.8. The Hall–Kier alpha value is -1.04. The zero-order chi connectivity index (χ0) is 11.3. The van der Waals surface area contributed by atoms with Gasteiger partial charge < -0.3 is 5.73 Å². The molecule has 0 amide bonds. The number of rotatable bonds is 1. The summed E-state index contributed by atoms with van der Waals surface area (Å²) in [6.07, 6.45) is 4.28. The van der Waals surface area contributed by atoms with Gasteiger partial charge in [0.15, 0.2) is 9.84 Å². The zero-order valence-corrected chi connectivity index (χ0v) is 9.83. The van der Waals surface area contributed by atoms with E-state index in [1.165, 1.54) is 5.69 Å². The van der Waals surface area contributed by atoms with E-state index in [1.807, 2.05) is 4.68 Å². The molecule has 0 aromatic carbocycles. The van der Waals surface area contributed by atoms with Gasteiger partial charge in [-0.15, -0.1) is 0 Å². The molecule has 1 aliphatic heterocycles. The third kappa shape index (κ3) is 1.43. The van der Waals surface area contributed by atoms with E-state index < -0.39 is 9.84 Å². The summed E-state index contributed by atoms with van der Waals surface area (Å²) >= 11 is 0. The Bertz CT molecular complexity index is 521. The van der Waals surface area contributed by atoms with Crippen LogP contribution in [-0.4, -0.2) is 29.7 Å². The van der Waals surface area contributed by atoms with Crippen molar-refractivity contribution >= 4 is 15.7 Å². The van der Waals surface area contributed by atoms with Gasteiger partial charge in [-0.2, -0.15) is 5.10 Å². The smallest absolute Gasteiger partial charge is 0.154 e. The zero-order valence-electron chi connectivity index (χ0n) is 9.02. The first-order valence-electron chi connectivity index (χ1n) is 5.63. The molecule has 6 heteroatoms. The maximum absolute atomic E-state index is 11.2. The molecular weight excluding hydrogens is 226 g/mol. The Morgan fingerprint density at radius 3 is 2.62 bits per heavy atom. The molecule has 0 bridgehead atoms. The van der Waals surface area contributed by atoms with Gasteiger partial charge in [0.2, 0.25) is 0 Å². The SMILES string of the molecule is Nc1nn(C2CS(=O)(=O)C2)c2c1CCCC2. The average molecular weight is 241 g/mol. The van der Waals surface area contributed by atoms with Crippen LogP contribution in [0.2, 0.25) is 0 Å². The molecule has 3 rings (SSSR count). The molecule has 1 fully saturated rings. The van der Waals surface area contributed by atoms with Gasteiger partial charge in [-0.25, -0.2) is 8.42 Å². The predicted octanol–water partition coefficient (Wildman–Crippen LogP) is 0.314. The fourth-order valence-corrected chi connectivity index (χ4v) is 3.99. The summed E-state index contributed by atoms with van der Waals surface area (Å²) in [6, 6.07) is 0.0224. The van der Waals surface area contributed by atoms with Gasteiger partial charge in [0, 0.05) is 11.3 Å². The first-order valence-corrected chi connectivity index (χ1v) is 7.45. The van der Waals surface area contributed by atoms with Gasteiger partial charge >= 0.3 is 0 Å². The lowest BCUT2D eigenvalue weighted by molar-refractivity contribution is 0.453. The molecule has 0 spiro atoms. The van der Waals surface area contributed by atoms with E-state index in [-0.39, 0.29) is 17.5 Å². The van der Waals surface area contributed by atoms with E-state index in [4.69, 9.17) is 5.73 Å². The minimum Gasteiger partial charge on any atom is -0.382 e. The number of fused-ring (bicyclic) bond motifs is 1. The van der Waals surface area contributed by atoms with Crippen LogP contribution in [0, 0.1) is 0 Å². The summed E-state index contributed by atoms with van der Waals surface area (Å²) in [5.74, 6) is 1.04. The van der Waals surface area contributed by atoms with Crippen LogP contribution in [-0.2, 0) is 22.7 Å². The highest BCUT2D eigenvalue weighted by Crippen LogP contribution is 2.32. The summed E-state index contributed by atoms with van der Waals surface area (Å²) in [5, 5.41) is 4.31. The monoisotopic (exact) mass is 241 g/mol. The van der Waals surface area contributed by atoms with Crippen LogP contribution in [0.15, 0.2) is 0 Å². The van der Waals surface area contributed by atoms with E-state index in [9.17, 15) is 8.42 Å². The molecule has 1 aliphatic carbocycles. The Balaban J connectivity index is 1.96. The third-order valence-electron chi connectivity index (χ3n) is 3.48. The summed E-state index contributed by atoms with van der Waals surface area (Å²) in [6.45, 7) is 0. The Labute approximate surface area is 94.5 Å². The second kappa shape index (κ2) is 3.23. The maximum Gasteiger partial charge on any atom is 0.154 e. The highest BCUT2D eigenvalue weighted by atomic mass is 32.2. The molecule has 1 saturated heterocycles. The topological polar surface area (TPSA) is 78.0 Å². The standard InChI is InChI=1S/C10H15N3O2S/c11-10-8-3-1-2-4-9(8)13(12-10)7-5-16(14,15)6-7/h7H,1-6H2,(H2,11,12). The van der Waals surface area contributed by atoms with E-state index in [0.717, 1.165) is 31.2 Å². The summed E-state index contributed by atoms with van der Waals surface area (Å²) < 4.78 is 24.2. The minimum absolute atomic E-state index is 0.0224. The predicted molar refractivity (Wildman–Crippen MR) is 61.0 cm³/mol. The summed E-state index contributed by atoms with van der Waals surface area (Å²) in [4.78, 5) is 0. The lowest BCUT2D eigenvalue weighted by atomic mass is 9.97. The fraction of sp³-hybridized carbons (Fsp3) is 0.700. The molecule has 5 nitrogen and oxygen atoms in total. The molecule has 0 unspecified atom stereocenters. The number of anilines is 1. The molecule has 16 heavy (non-hydrogen) atoms. The van der Waals surface area contributed by atoms with Crippen molar-refractivity contribution < 1.29 is 8.42 Å². The number of nitrogens with two attached hydrogens (primary N) is 1. The first kappa shape index (κ1) is 10.1. The fourth-order valence-electron chi connectivity index (χ4n) is 2.64. The van der Waals surface area contributed by atoms with Crippen molar-refractivity contribution in [1.82, 2.24) is 9.78 Å². The van der Waals surface area contributed by atoms with Crippen molar-refractivity contribution in [2.45, 2.75) is 31.7 Å². The van der Waals surface area contributed by atoms with Crippen LogP contribution >= 0.6 is 0 Å². The highest BCUT2D eigenvalue weighted by molar-refractivity contribution is 7.92. The largest absolute Gasteiger partial charge is 0.382 e. The average Bonchev–Trinajstić information content (AvgIpc) is 2.53. The first-order chi connectivity index (χ1) is 7.57. The molecule has 2 aliphatic rings. The third-order valence-corrected chi connectivity index (χ3v) is 5.26. The molecule has 0 radical (unpaired) electrons. The second-order valence-electron chi connectivity index (χ2n) is 4.69. The van der Waals surface area contributed by atoms with Gasteiger partial charge in [-0.3, -0.25) is 4.68 Å². The van der Waals surface area contributed by atoms with Crippen LogP contribution in [0.25, 0.3) is 0 Å². The summed E-state index contributed by atoms with van der Waals surface area (Å²) in [5.41, 5.74) is 8.18. The van der Waals surface area contributed by atoms with E-state index >= 15 is 0 Å². The van der Waals surface area contributed by atoms with Gasteiger partial charge in [0.05, 0.1) is 17.5 Å². The van der Waals surface area contributed by atoms with Crippen molar-refractivity contribution in [2.24, 2.45) is 0 Å². The molecule has 2 heterocycles. The number of hydrogen-bond donors (Lipinski definition) is 1. The summed E-state index contributed by atoms with van der Waals surface area (Å²) in [7, 11) is -2.80. The highest BCUT2D eigenvalue weighted by Gasteiger charge is 2.37. The van der Waals surface area contributed by atoms with Gasteiger partial charge in [0.25, 0.3) is 0 Å². The van der Waals surface area contributed by atoms with Crippen LogP contribution < -0.4 is 5.73 Å². The quantitative estimate of drug-likeness (QED) is 0.767. The van der Waals surface area contributed by atoms with Gasteiger partial charge in [-0.1, -0.05) is 0 Å². The Kier molecular flexibility index (Phi) is 2.04. The number of nitrogen functional groups attached to an aromatic ring is 1. The number of hydrogen-bond acceptors (Lipinski definition) is 4. The number of nitrogens with zero attached hydrogens (tertiary/aromatic N) is 2. The second-order valence-corrected chi connectivity index (χ2v) is 6.85. The molecule has 0 atom stereocenters. The maximum atomic E-state index is 11.2. The lowest BCUT2D eigenvalue weighted by Gasteiger charge is -2.28. The van der Waals surface area contributed by atoms with Crippen LogP contribution in [0.3, 0.4) is 0 Å².